The van der Waals surface area contributed by atoms with Crippen molar-refractivity contribution >= 4 is 0 Å². The van der Waals surface area contributed by atoms with E-state index in [2.05, 4.69) is 48.0 Å². The molecule has 0 saturated carbocycles. The third kappa shape index (κ3) is 5.21. The van der Waals surface area contributed by atoms with Crippen molar-refractivity contribution in [2.45, 2.75) is 33.6 Å². The molecule has 0 saturated heterocycles. The van der Waals surface area contributed by atoms with E-state index in [0.29, 0.717) is 25.5 Å². The largest absolute Gasteiger partial charge is 0.493 e. The van der Waals surface area contributed by atoms with Crippen molar-refractivity contribution in [1.29, 1.82) is 0 Å². The Kier molecular flexibility index (Phi) is 6.85. The smallest absolute Gasteiger partial charge is 0.226 e. The first kappa shape index (κ1) is 20.1. The monoisotopic (exact) mass is 381 g/mol. The minimum absolute atomic E-state index is 0.534. The van der Waals surface area contributed by atoms with Crippen molar-refractivity contribution in [2.75, 3.05) is 20.3 Å². The molecular weight excluding hydrogens is 354 g/mol. The SMILES string of the molecule is COOCCc1ccc(OCCc2nc(-c3ccc(C)cc3)oc2C)cc1C. The zero-order valence-electron chi connectivity index (χ0n) is 17.0. The van der Waals surface area contributed by atoms with Crippen LogP contribution >= 0.6 is 0 Å². The summed E-state index contributed by atoms with van der Waals surface area (Å²) in [5.74, 6) is 2.35. The lowest BCUT2D eigenvalue weighted by Gasteiger charge is -2.10. The summed E-state index contributed by atoms with van der Waals surface area (Å²) < 4.78 is 11.8. The van der Waals surface area contributed by atoms with Gasteiger partial charge in [-0.25, -0.2) is 14.8 Å². The number of aromatic nitrogens is 1. The maximum Gasteiger partial charge on any atom is 0.226 e. The second-order valence-corrected chi connectivity index (χ2v) is 6.81. The van der Waals surface area contributed by atoms with Gasteiger partial charge in [-0.2, -0.15) is 0 Å². The van der Waals surface area contributed by atoms with Crippen LogP contribution in [0.3, 0.4) is 0 Å². The highest BCUT2D eigenvalue weighted by Crippen LogP contribution is 2.23. The number of aryl methyl sites for hydroxylation is 3. The molecule has 3 aromatic rings. The Bertz CT molecular complexity index is 899. The Morgan fingerprint density at radius 1 is 0.929 bits per heavy atom. The van der Waals surface area contributed by atoms with Crippen molar-refractivity contribution in [1.82, 2.24) is 4.98 Å². The van der Waals surface area contributed by atoms with E-state index in [1.807, 2.05) is 25.1 Å². The fraction of sp³-hybridized carbons (Fsp3) is 0.348. The number of rotatable bonds is 9. The molecule has 0 N–H and O–H groups in total. The second-order valence-electron chi connectivity index (χ2n) is 6.81. The molecule has 5 nitrogen and oxygen atoms in total. The first-order chi connectivity index (χ1) is 13.6. The molecule has 0 aliphatic carbocycles. The van der Waals surface area contributed by atoms with E-state index in [1.54, 1.807) is 0 Å². The predicted molar refractivity (Wildman–Crippen MR) is 108 cm³/mol. The van der Waals surface area contributed by atoms with Crippen LogP contribution in [-0.2, 0) is 22.6 Å². The van der Waals surface area contributed by atoms with Crippen LogP contribution < -0.4 is 4.74 Å². The van der Waals surface area contributed by atoms with Gasteiger partial charge in [0.25, 0.3) is 0 Å². The van der Waals surface area contributed by atoms with Crippen molar-refractivity contribution in [3.8, 4) is 17.2 Å². The number of benzene rings is 2. The van der Waals surface area contributed by atoms with E-state index in [9.17, 15) is 0 Å². The van der Waals surface area contributed by atoms with Gasteiger partial charge in [0, 0.05) is 12.0 Å². The highest BCUT2D eigenvalue weighted by Gasteiger charge is 2.11. The van der Waals surface area contributed by atoms with Crippen LogP contribution in [0.15, 0.2) is 46.9 Å². The quantitative estimate of drug-likeness (QED) is 0.296. The lowest BCUT2D eigenvalue weighted by atomic mass is 10.1. The molecule has 0 atom stereocenters. The van der Waals surface area contributed by atoms with Crippen LogP contribution in [0.2, 0.25) is 0 Å². The molecule has 5 heteroatoms. The molecule has 0 fully saturated rings. The van der Waals surface area contributed by atoms with Gasteiger partial charge in [-0.3, -0.25) is 0 Å². The summed E-state index contributed by atoms with van der Waals surface area (Å²) in [5.41, 5.74) is 5.54. The van der Waals surface area contributed by atoms with Crippen molar-refractivity contribution < 1.29 is 18.9 Å². The molecule has 28 heavy (non-hydrogen) atoms. The lowest BCUT2D eigenvalue weighted by Crippen LogP contribution is -2.04. The van der Waals surface area contributed by atoms with E-state index in [0.717, 1.165) is 29.2 Å². The Hall–Kier alpha value is -2.63. The van der Waals surface area contributed by atoms with Gasteiger partial charge in [0.2, 0.25) is 5.89 Å². The van der Waals surface area contributed by atoms with Crippen LogP contribution in [0, 0.1) is 20.8 Å². The molecule has 0 bridgehead atoms. The highest BCUT2D eigenvalue weighted by molar-refractivity contribution is 5.54. The van der Waals surface area contributed by atoms with Gasteiger partial charge < -0.3 is 9.15 Å². The van der Waals surface area contributed by atoms with Gasteiger partial charge in [0.15, 0.2) is 0 Å². The molecule has 2 aromatic carbocycles. The summed E-state index contributed by atoms with van der Waals surface area (Å²) in [6.45, 7) is 7.17. The summed E-state index contributed by atoms with van der Waals surface area (Å²) >= 11 is 0. The number of nitrogens with zero attached hydrogens (tertiary/aromatic N) is 1. The first-order valence-corrected chi connectivity index (χ1v) is 9.48. The molecule has 0 unspecified atom stereocenters. The standard InChI is InChI=1S/C23H27NO4/c1-16-5-7-20(8-6-16)23-24-22(18(3)28-23)12-13-26-21-10-9-19(17(2)15-21)11-14-27-25-4/h5-10,15H,11-14H2,1-4H3. The lowest BCUT2D eigenvalue weighted by molar-refractivity contribution is -0.271. The van der Waals surface area contributed by atoms with Gasteiger partial charge in [-0.15, -0.1) is 0 Å². The van der Waals surface area contributed by atoms with Gasteiger partial charge >= 0.3 is 0 Å². The van der Waals surface area contributed by atoms with E-state index in [4.69, 9.17) is 14.0 Å². The zero-order valence-corrected chi connectivity index (χ0v) is 17.0. The highest BCUT2D eigenvalue weighted by atomic mass is 17.2. The first-order valence-electron chi connectivity index (χ1n) is 9.48. The number of oxazole rings is 1. The second kappa shape index (κ2) is 9.53. The average molecular weight is 381 g/mol. The average Bonchev–Trinajstić information content (AvgIpc) is 3.05. The van der Waals surface area contributed by atoms with Crippen LogP contribution in [0.4, 0.5) is 0 Å². The van der Waals surface area contributed by atoms with E-state index in [1.165, 1.54) is 23.8 Å². The minimum Gasteiger partial charge on any atom is -0.493 e. The van der Waals surface area contributed by atoms with Crippen molar-refractivity contribution in [3.63, 3.8) is 0 Å². The van der Waals surface area contributed by atoms with Gasteiger partial charge in [-0.05, 0) is 62.6 Å². The Balaban J connectivity index is 1.56. The predicted octanol–water partition coefficient (Wildman–Crippen LogP) is 5.01. The Morgan fingerprint density at radius 3 is 2.43 bits per heavy atom. The molecule has 0 spiro atoms. The van der Waals surface area contributed by atoms with Gasteiger partial charge in [0.05, 0.1) is 26.0 Å². The third-order valence-corrected chi connectivity index (χ3v) is 4.69. The molecule has 3 rings (SSSR count). The third-order valence-electron chi connectivity index (χ3n) is 4.69. The molecule has 0 amide bonds. The topological polar surface area (TPSA) is 53.7 Å². The van der Waals surface area contributed by atoms with E-state index < -0.39 is 0 Å². The molecule has 0 aliphatic rings. The van der Waals surface area contributed by atoms with Crippen molar-refractivity contribution in [2.24, 2.45) is 0 Å². The molecule has 1 heterocycles. The number of ether oxygens (including phenoxy) is 1. The molecule has 148 valence electrons. The zero-order chi connectivity index (χ0) is 19.9. The fourth-order valence-electron chi connectivity index (χ4n) is 3.02. The summed E-state index contributed by atoms with van der Waals surface area (Å²) in [5, 5.41) is 0. The van der Waals surface area contributed by atoms with Crippen LogP contribution in [0.5, 0.6) is 5.75 Å². The maximum atomic E-state index is 5.92. The molecular formula is C23H27NO4. The Labute approximate surface area is 166 Å². The van der Waals surface area contributed by atoms with Crippen molar-refractivity contribution in [3.05, 3.63) is 70.6 Å². The van der Waals surface area contributed by atoms with Gasteiger partial charge in [0.1, 0.15) is 11.5 Å². The summed E-state index contributed by atoms with van der Waals surface area (Å²) in [4.78, 5) is 14.2. The van der Waals surface area contributed by atoms with E-state index in [-0.39, 0.29) is 0 Å². The van der Waals surface area contributed by atoms with Crippen LogP contribution in [-0.4, -0.2) is 25.3 Å². The number of hydrogen-bond donors (Lipinski definition) is 0. The summed E-state index contributed by atoms with van der Waals surface area (Å²) in [6, 6.07) is 14.3. The summed E-state index contributed by atoms with van der Waals surface area (Å²) in [7, 11) is 1.52. The summed E-state index contributed by atoms with van der Waals surface area (Å²) in [6.07, 6.45) is 1.50. The molecule has 0 aliphatic heterocycles. The Morgan fingerprint density at radius 2 is 1.71 bits per heavy atom. The maximum absolute atomic E-state index is 5.92. The minimum atomic E-state index is 0.534. The van der Waals surface area contributed by atoms with E-state index >= 15 is 0 Å². The van der Waals surface area contributed by atoms with Gasteiger partial charge in [-0.1, -0.05) is 23.8 Å². The normalized spacial score (nSPS) is 11.0. The fourth-order valence-corrected chi connectivity index (χ4v) is 3.02. The number of hydrogen-bond acceptors (Lipinski definition) is 5. The molecule has 0 radical (unpaired) electrons. The van der Waals surface area contributed by atoms with Crippen LogP contribution in [0.1, 0.15) is 28.1 Å². The molecule has 1 aromatic heterocycles. The van der Waals surface area contributed by atoms with Crippen LogP contribution in [0.25, 0.3) is 11.5 Å².